The number of benzene rings is 1. The number of halogens is 1. The van der Waals surface area contributed by atoms with Crippen LogP contribution in [0.15, 0.2) is 24.3 Å². The molecular weight excluding hydrogens is 324 g/mol. The Hall–Kier alpha value is -1.26. The fourth-order valence-electron chi connectivity index (χ4n) is 2.87. The topological polar surface area (TPSA) is 55.6 Å². The quantitative estimate of drug-likeness (QED) is 0.797. The van der Waals surface area contributed by atoms with Gasteiger partial charge in [0.25, 0.3) is 0 Å². The highest BCUT2D eigenvalue weighted by atomic mass is 35.5. The molecule has 1 unspecified atom stereocenters. The first-order chi connectivity index (χ1) is 10.9. The van der Waals surface area contributed by atoms with E-state index in [1.165, 1.54) is 5.56 Å². The predicted octanol–water partition coefficient (Wildman–Crippen LogP) is 3.37. The van der Waals surface area contributed by atoms with E-state index in [4.69, 9.17) is 10.5 Å². The number of carbonyl (C=O) groups excluding carboxylic acids is 1. The molecule has 136 valence electrons. The molecule has 1 amide bonds. The fourth-order valence-corrected chi connectivity index (χ4v) is 2.87. The summed E-state index contributed by atoms with van der Waals surface area (Å²) < 4.78 is 5.74. The molecule has 0 spiro atoms. The van der Waals surface area contributed by atoms with Crippen LogP contribution in [0.25, 0.3) is 0 Å². The highest BCUT2D eigenvalue weighted by Gasteiger charge is 2.24. The molecule has 0 saturated carbocycles. The summed E-state index contributed by atoms with van der Waals surface area (Å²) in [4.78, 5) is 14.0. The van der Waals surface area contributed by atoms with Gasteiger partial charge in [0.05, 0.1) is 6.61 Å². The average molecular weight is 355 g/mol. The highest BCUT2D eigenvalue weighted by molar-refractivity contribution is 5.85. The van der Waals surface area contributed by atoms with Gasteiger partial charge < -0.3 is 15.4 Å². The van der Waals surface area contributed by atoms with Crippen LogP contribution in [-0.2, 0) is 10.2 Å². The molecule has 1 aromatic carbocycles. The molecule has 24 heavy (non-hydrogen) atoms. The van der Waals surface area contributed by atoms with Crippen molar-refractivity contribution in [2.24, 2.45) is 11.7 Å². The molecule has 5 heteroatoms. The van der Waals surface area contributed by atoms with Crippen molar-refractivity contribution in [1.82, 2.24) is 4.90 Å². The summed E-state index contributed by atoms with van der Waals surface area (Å²) >= 11 is 0. The van der Waals surface area contributed by atoms with E-state index >= 15 is 0 Å². The Balaban J connectivity index is 0.00000288. The third-order valence-corrected chi connectivity index (χ3v) is 4.50. The molecule has 0 radical (unpaired) electrons. The number of nitrogens with two attached hydrogens (primary N) is 1. The lowest BCUT2D eigenvalue weighted by Gasteiger charge is -2.19. The fraction of sp³-hybridized carbons (Fsp3) is 0.632. The SMILES string of the molecule is CC(C)(C)c1ccc(OCCCC(=O)N2CCC(CN)C2)cc1.Cl. The van der Waals surface area contributed by atoms with E-state index in [1.54, 1.807) is 0 Å². The highest BCUT2D eigenvalue weighted by Crippen LogP contribution is 2.24. The van der Waals surface area contributed by atoms with E-state index in [0.717, 1.165) is 31.7 Å². The zero-order chi connectivity index (χ0) is 16.9. The Morgan fingerprint density at radius 2 is 1.96 bits per heavy atom. The molecule has 1 saturated heterocycles. The van der Waals surface area contributed by atoms with Crippen LogP contribution in [0.1, 0.15) is 45.6 Å². The predicted molar refractivity (Wildman–Crippen MR) is 101 cm³/mol. The first-order valence-corrected chi connectivity index (χ1v) is 8.61. The first-order valence-electron chi connectivity index (χ1n) is 8.61. The average Bonchev–Trinajstić information content (AvgIpc) is 3.00. The van der Waals surface area contributed by atoms with E-state index in [1.807, 2.05) is 17.0 Å². The van der Waals surface area contributed by atoms with Crippen LogP contribution in [0.2, 0.25) is 0 Å². The summed E-state index contributed by atoms with van der Waals surface area (Å²) in [6, 6.07) is 8.23. The lowest BCUT2D eigenvalue weighted by molar-refractivity contribution is -0.130. The third-order valence-electron chi connectivity index (χ3n) is 4.50. The van der Waals surface area contributed by atoms with E-state index in [0.29, 0.717) is 25.5 Å². The monoisotopic (exact) mass is 354 g/mol. The largest absolute Gasteiger partial charge is 0.494 e. The normalized spacial score (nSPS) is 17.5. The molecule has 0 bridgehead atoms. The van der Waals surface area contributed by atoms with Crippen molar-refractivity contribution in [1.29, 1.82) is 0 Å². The number of hydrogen-bond donors (Lipinski definition) is 1. The lowest BCUT2D eigenvalue weighted by atomic mass is 9.87. The van der Waals surface area contributed by atoms with Crippen molar-refractivity contribution in [3.63, 3.8) is 0 Å². The van der Waals surface area contributed by atoms with E-state index in [9.17, 15) is 4.79 Å². The molecule has 1 fully saturated rings. The van der Waals surface area contributed by atoms with E-state index < -0.39 is 0 Å². The number of carbonyl (C=O) groups is 1. The van der Waals surface area contributed by atoms with Crippen LogP contribution in [0.5, 0.6) is 5.75 Å². The van der Waals surface area contributed by atoms with Gasteiger partial charge in [0.15, 0.2) is 0 Å². The minimum absolute atomic E-state index is 0. The molecule has 2 rings (SSSR count). The first kappa shape index (κ1) is 20.8. The van der Waals surface area contributed by atoms with Crippen molar-refractivity contribution in [2.45, 2.75) is 45.4 Å². The lowest BCUT2D eigenvalue weighted by Crippen LogP contribution is -2.29. The minimum atomic E-state index is 0. The van der Waals surface area contributed by atoms with Gasteiger partial charge in [0.1, 0.15) is 5.75 Å². The third kappa shape index (κ3) is 5.99. The maximum atomic E-state index is 12.1. The van der Waals surface area contributed by atoms with Crippen molar-refractivity contribution in [3.05, 3.63) is 29.8 Å². The number of likely N-dealkylation sites (tertiary alicyclic amines) is 1. The number of amides is 1. The molecule has 0 aliphatic carbocycles. The van der Waals surface area contributed by atoms with Crippen molar-refractivity contribution >= 4 is 18.3 Å². The standard InChI is InChI=1S/C19H30N2O2.ClH/c1-19(2,3)16-6-8-17(9-7-16)23-12-4-5-18(22)21-11-10-15(13-20)14-21;/h6-9,15H,4-5,10-14,20H2,1-3H3;1H. The van der Waals surface area contributed by atoms with E-state index in [2.05, 4.69) is 32.9 Å². The molecule has 1 aliphatic rings. The molecule has 1 heterocycles. The number of hydrogen-bond acceptors (Lipinski definition) is 3. The second-order valence-corrected chi connectivity index (χ2v) is 7.46. The van der Waals surface area contributed by atoms with Gasteiger partial charge in [-0.15, -0.1) is 12.4 Å². The van der Waals surface area contributed by atoms with Crippen molar-refractivity contribution in [2.75, 3.05) is 26.2 Å². The number of nitrogens with zero attached hydrogens (tertiary/aromatic N) is 1. The second-order valence-electron chi connectivity index (χ2n) is 7.46. The summed E-state index contributed by atoms with van der Waals surface area (Å²) in [5.41, 5.74) is 7.11. The Morgan fingerprint density at radius 1 is 1.29 bits per heavy atom. The van der Waals surface area contributed by atoms with Crippen LogP contribution in [0.4, 0.5) is 0 Å². The van der Waals surface area contributed by atoms with E-state index in [-0.39, 0.29) is 23.7 Å². The maximum Gasteiger partial charge on any atom is 0.222 e. The molecule has 2 N–H and O–H groups in total. The molecule has 1 atom stereocenters. The summed E-state index contributed by atoms with van der Waals surface area (Å²) in [6.45, 7) is 9.53. The molecule has 4 nitrogen and oxygen atoms in total. The molecule has 1 aliphatic heterocycles. The zero-order valence-corrected chi connectivity index (χ0v) is 15.9. The Bertz CT molecular complexity index is 511. The minimum Gasteiger partial charge on any atom is -0.494 e. The van der Waals surface area contributed by atoms with Gasteiger partial charge in [-0.05, 0) is 48.4 Å². The summed E-state index contributed by atoms with van der Waals surface area (Å²) in [5.74, 6) is 1.58. The van der Waals surface area contributed by atoms with Gasteiger partial charge in [0, 0.05) is 19.5 Å². The molecule has 0 aromatic heterocycles. The zero-order valence-electron chi connectivity index (χ0n) is 15.1. The Kier molecular flexibility index (Phi) is 8.04. The molecular formula is C19H31ClN2O2. The van der Waals surface area contributed by atoms with Crippen LogP contribution >= 0.6 is 12.4 Å². The van der Waals surface area contributed by atoms with Crippen molar-refractivity contribution in [3.8, 4) is 5.75 Å². The number of ether oxygens (including phenoxy) is 1. The molecule has 1 aromatic rings. The van der Waals surface area contributed by atoms with Crippen LogP contribution in [0, 0.1) is 5.92 Å². The summed E-state index contributed by atoms with van der Waals surface area (Å²) in [6.07, 6.45) is 2.35. The second kappa shape index (κ2) is 9.28. The van der Waals surface area contributed by atoms with Crippen molar-refractivity contribution < 1.29 is 9.53 Å². The van der Waals surface area contributed by atoms with Crippen LogP contribution in [-0.4, -0.2) is 37.0 Å². The maximum absolute atomic E-state index is 12.1. The van der Waals surface area contributed by atoms with Gasteiger partial charge in [0.2, 0.25) is 5.91 Å². The summed E-state index contributed by atoms with van der Waals surface area (Å²) in [7, 11) is 0. The van der Waals surface area contributed by atoms with Gasteiger partial charge in [-0.25, -0.2) is 0 Å². The van der Waals surface area contributed by atoms with Crippen LogP contribution < -0.4 is 10.5 Å². The van der Waals surface area contributed by atoms with Gasteiger partial charge >= 0.3 is 0 Å². The Morgan fingerprint density at radius 3 is 2.50 bits per heavy atom. The summed E-state index contributed by atoms with van der Waals surface area (Å²) in [5, 5.41) is 0. The van der Waals surface area contributed by atoms with Gasteiger partial charge in [-0.2, -0.15) is 0 Å². The van der Waals surface area contributed by atoms with Crippen LogP contribution in [0.3, 0.4) is 0 Å². The Labute approximate surface area is 152 Å². The smallest absolute Gasteiger partial charge is 0.222 e. The van der Waals surface area contributed by atoms with Gasteiger partial charge in [-0.1, -0.05) is 32.9 Å². The number of rotatable bonds is 6. The van der Waals surface area contributed by atoms with Gasteiger partial charge in [-0.3, -0.25) is 4.79 Å².